The van der Waals surface area contributed by atoms with Crippen LogP contribution in [0.4, 0.5) is 0 Å². The molecule has 0 saturated heterocycles. The number of rotatable bonds is 2. The van der Waals surface area contributed by atoms with E-state index in [-0.39, 0.29) is 12.7 Å². The third-order valence-corrected chi connectivity index (χ3v) is 4.29. The average molecular weight is 314 g/mol. The number of aliphatic hydroxyl groups is 1. The Labute approximate surface area is 134 Å². The molecule has 2 atom stereocenters. The van der Waals surface area contributed by atoms with Gasteiger partial charge in [-0.2, -0.15) is 0 Å². The van der Waals surface area contributed by atoms with Gasteiger partial charge in [0.05, 0.1) is 7.11 Å². The minimum atomic E-state index is -1.24. The summed E-state index contributed by atoms with van der Waals surface area (Å²) in [6, 6.07) is 11.6. The first kappa shape index (κ1) is 14.2. The van der Waals surface area contributed by atoms with Gasteiger partial charge in [0.1, 0.15) is 11.5 Å². The van der Waals surface area contributed by atoms with Gasteiger partial charge in [-0.05, 0) is 23.8 Å². The van der Waals surface area contributed by atoms with Gasteiger partial charge < -0.3 is 24.1 Å². The van der Waals surface area contributed by atoms with Crippen LogP contribution in [0.1, 0.15) is 30.4 Å². The monoisotopic (exact) mass is 314 g/mol. The highest BCUT2D eigenvalue weighted by Gasteiger charge is 2.38. The summed E-state index contributed by atoms with van der Waals surface area (Å²) in [4.78, 5) is 0. The molecule has 120 valence electrons. The summed E-state index contributed by atoms with van der Waals surface area (Å²) >= 11 is 0. The van der Waals surface area contributed by atoms with E-state index in [0.29, 0.717) is 23.7 Å². The summed E-state index contributed by atoms with van der Waals surface area (Å²) in [5, 5.41) is 10.5. The molecule has 0 aromatic heterocycles. The lowest BCUT2D eigenvalue weighted by Crippen LogP contribution is -2.38. The summed E-state index contributed by atoms with van der Waals surface area (Å²) < 4.78 is 21.9. The minimum Gasteiger partial charge on any atom is -0.497 e. The van der Waals surface area contributed by atoms with Gasteiger partial charge in [0.25, 0.3) is 0 Å². The number of methoxy groups -OCH3 is 1. The maximum Gasteiger partial charge on any atom is 0.231 e. The number of ether oxygens (including phenoxy) is 4. The van der Waals surface area contributed by atoms with Crippen molar-refractivity contribution in [2.75, 3.05) is 13.9 Å². The molecule has 0 saturated carbocycles. The molecule has 5 nitrogen and oxygen atoms in total. The van der Waals surface area contributed by atoms with Crippen LogP contribution in [0.2, 0.25) is 0 Å². The lowest BCUT2D eigenvalue weighted by molar-refractivity contribution is -0.137. The van der Waals surface area contributed by atoms with E-state index in [9.17, 15) is 5.11 Å². The zero-order valence-corrected chi connectivity index (χ0v) is 13.0. The Balaban J connectivity index is 1.84. The molecule has 0 unspecified atom stereocenters. The topological polar surface area (TPSA) is 57.2 Å². The van der Waals surface area contributed by atoms with Crippen molar-refractivity contribution < 1.29 is 24.1 Å². The van der Waals surface area contributed by atoms with Gasteiger partial charge in [0, 0.05) is 30.9 Å². The van der Waals surface area contributed by atoms with E-state index in [1.165, 1.54) is 0 Å². The molecule has 2 aliphatic heterocycles. The first-order chi connectivity index (χ1) is 11.1. The molecule has 2 aliphatic rings. The Morgan fingerprint density at radius 3 is 2.70 bits per heavy atom. The van der Waals surface area contributed by atoms with Crippen LogP contribution in [0.5, 0.6) is 23.0 Å². The molecule has 0 bridgehead atoms. The van der Waals surface area contributed by atoms with Crippen LogP contribution in [0.25, 0.3) is 0 Å². The van der Waals surface area contributed by atoms with Crippen LogP contribution in [-0.4, -0.2) is 24.8 Å². The van der Waals surface area contributed by atoms with E-state index in [4.69, 9.17) is 18.9 Å². The predicted molar refractivity (Wildman–Crippen MR) is 83.3 cm³/mol. The first-order valence-electron chi connectivity index (χ1n) is 7.55. The molecule has 23 heavy (non-hydrogen) atoms. The second-order valence-corrected chi connectivity index (χ2v) is 6.05. The molecule has 2 aromatic carbocycles. The van der Waals surface area contributed by atoms with Crippen molar-refractivity contribution in [3.63, 3.8) is 0 Å². The van der Waals surface area contributed by atoms with Gasteiger partial charge in [0.15, 0.2) is 11.5 Å². The zero-order chi connectivity index (χ0) is 16.0. The highest BCUT2D eigenvalue weighted by Crippen LogP contribution is 2.49. The SMILES string of the molecule is COc1cccc([C@H]2C[C@](C)(O)Oc3cc4c(cc32)OCO4)c1. The Hall–Kier alpha value is -2.40. The summed E-state index contributed by atoms with van der Waals surface area (Å²) in [5.74, 6) is 1.51. The van der Waals surface area contributed by atoms with E-state index < -0.39 is 5.79 Å². The van der Waals surface area contributed by atoms with Crippen molar-refractivity contribution in [1.82, 2.24) is 0 Å². The van der Waals surface area contributed by atoms with Crippen LogP contribution in [0, 0.1) is 0 Å². The molecule has 1 N–H and O–H groups in total. The van der Waals surface area contributed by atoms with Gasteiger partial charge in [-0.1, -0.05) is 12.1 Å². The lowest BCUT2D eigenvalue weighted by atomic mass is 9.83. The molecule has 2 heterocycles. The van der Waals surface area contributed by atoms with Crippen LogP contribution >= 0.6 is 0 Å². The van der Waals surface area contributed by atoms with E-state index in [0.717, 1.165) is 16.9 Å². The third kappa shape index (κ3) is 2.47. The first-order valence-corrected chi connectivity index (χ1v) is 7.55. The maximum absolute atomic E-state index is 10.5. The van der Waals surface area contributed by atoms with Crippen LogP contribution in [0.3, 0.4) is 0 Å². The Morgan fingerprint density at radius 1 is 1.13 bits per heavy atom. The quantitative estimate of drug-likeness (QED) is 0.923. The van der Waals surface area contributed by atoms with Crippen molar-refractivity contribution in [2.45, 2.75) is 25.0 Å². The number of hydrogen-bond acceptors (Lipinski definition) is 5. The third-order valence-electron chi connectivity index (χ3n) is 4.29. The Kier molecular flexibility index (Phi) is 3.13. The molecule has 0 amide bonds. The number of benzene rings is 2. The van der Waals surface area contributed by atoms with E-state index in [1.54, 1.807) is 20.1 Å². The van der Waals surface area contributed by atoms with E-state index >= 15 is 0 Å². The second-order valence-electron chi connectivity index (χ2n) is 6.05. The van der Waals surface area contributed by atoms with Crippen LogP contribution in [0.15, 0.2) is 36.4 Å². The van der Waals surface area contributed by atoms with Crippen LogP contribution < -0.4 is 18.9 Å². The Morgan fingerprint density at radius 2 is 1.91 bits per heavy atom. The summed E-state index contributed by atoms with van der Waals surface area (Å²) in [7, 11) is 1.64. The van der Waals surface area contributed by atoms with Crippen molar-refractivity contribution in [3.8, 4) is 23.0 Å². The molecule has 5 heteroatoms. The van der Waals surface area contributed by atoms with Gasteiger partial charge in [-0.25, -0.2) is 0 Å². The molecule has 0 radical (unpaired) electrons. The van der Waals surface area contributed by atoms with Gasteiger partial charge in [-0.15, -0.1) is 0 Å². The molecular formula is C18H18O5. The molecular weight excluding hydrogens is 296 g/mol. The van der Waals surface area contributed by atoms with Crippen molar-refractivity contribution in [3.05, 3.63) is 47.5 Å². The second kappa shape index (κ2) is 5.06. The minimum absolute atomic E-state index is 0.0154. The molecule has 2 aromatic rings. The highest BCUT2D eigenvalue weighted by molar-refractivity contribution is 5.56. The molecule has 0 spiro atoms. The fourth-order valence-corrected chi connectivity index (χ4v) is 3.22. The van der Waals surface area contributed by atoms with E-state index in [2.05, 4.69) is 0 Å². The smallest absolute Gasteiger partial charge is 0.231 e. The number of fused-ring (bicyclic) bond motifs is 2. The highest BCUT2D eigenvalue weighted by atomic mass is 16.7. The number of hydrogen-bond donors (Lipinski definition) is 1. The van der Waals surface area contributed by atoms with Crippen molar-refractivity contribution in [1.29, 1.82) is 0 Å². The van der Waals surface area contributed by atoms with E-state index in [1.807, 2.05) is 30.3 Å². The standard InChI is InChI=1S/C18H18O5/c1-18(19)9-14(11-4-3-5-12(6-11)20-2)13-7-16-17(22-10-21-16)8-15(13)23-18/h3-8,14,19H,9-10H2,1-2H3/t14-,18-/m1/s1. The van der Waals surface area contributed by atoms with Gasteiger partial charge in [-0.3, -0.25) is 0 Å². The predicted octanol–water partition coefficient (Wildman–Crippen LogP) is 3.05. The van der Waals surface area contributed by atoms with Crippen molar-refractivity contribution in [2.24, 2.45) is 0 Å². The molecule has 0 aliphatic carbocycles. The normalized spacial score (nSPS) is 24.7. The molecule has 4 rings (SSSR count). The fraction of sp³-hybridized carbons (Fsp3) is 0.333. The average Bonchev–Trinajstić information content (AvgIpc) is 2.98. The summed E-state index contributed by atoms with van der Waals surface area (Å²) in [5.41, 5.74) is 2.04. The lowest BCUT2D eigenvalue weighted by Gasteiger charge is -2.36. The van der Waals surface area contributed by atoms with Crippen molar-refractivity contribution >= 4 is 0 Å². The maximum atomic E-state index is 10.5. The largest absolute Gasteiger partial charge is 0.497 e. The summed E-state index contributed by atoms with van der Waals surface area (Å²) in [6.07, 6.45) is 0.451. The zero-order valence-electron chi connectivity index (χ0n) is 13.0. The van der Waals surface area contributed by atoms with Crippen LogP contribution in [-0.2, 0) is 0 Å². The Bertz CT molecular complexity index is 753. The summed E-state index contributed by atoms with van der Waals surface area (Å²) in [6.45, 7) is 1.88. The van der Waals surface area contributed by atoms with Gasteiger partial charge in [0.2, 0.25) is 12.6 Å². The fourth-order valence-electron chi connectivity index (χ4n) is 3.22. The van der Waals surface area contributed by atoms with Gasteiger partial charge >= 0.3 is 0 Å². The molecule has 0 fully saturated rings.